The Morgan fingerprint density at radius 3 is 3.07 bits per heavy atom. The van der Waals surface area contributed by atoms with Crippen molar-refractivity contribution < 1.29 is 0 Å². The van der Waals surface area contributed by atoms with Crippen molar-refractivity contribution in [1.29, 1.82) is 0 Å². The molecule has 0 unspecified atom stereocenters. The lowest BCUT2D eigenvalue weighted by atomic mass is 10.1. The Morgan fingerprint density at radius 1 is 1.40 bits per heavy atom. The molecular weight excluding hydrogens is 188 g/mol. The van der Waals surface area contributed by atoms with E-state index in [4.69, 9.17) is 0 Å². The smallest absolute Gasteiger partial charge is 0.138 e. The third-order valence-corrected chi connectivity index (χ3v) is 2.04. The molecular formula is C11H12N4. The molecule has 0 radical (unpaired) electrons. The summed E-state index contributed by atoms with van der Waals surface area (Å²) in [5, 5.41) is 10.9. The molecule has 76 valence electrons. The fraction of sp³-hybridized carbons (Fsp3) is 0.182. The molecule has 2 rings (SSSR count). The average Bonchev–Trinajstić information content (AvgIpc) is 2.71. The van der Waals surface area contributed by atoms with Crippen molar-refractivity contribution in [3.05, 3.63) is 47.8 Å². The van der Waals surface area contributed by atoms with E-state index in [0.29, 0.717) is 6.54 Å². The van der Waals surface area contributed by atoms with Gasteiger partial charge in [-0.3, -0.25) is 0 Å². The van der Waals surface area contributed by atoms with Gasteiger partial charge in [0.15, 0.2) is 0 Å². The van der Waals surface area contributed by atoms with Gasteiger partial charge in [0, 0.05) is 0 Å². The number of hydrogen-bond donors (Lipinski definition) is 0. The zero-order valence-electron chi connectivity index (χ0n) is 8.54. The number of nitrogens with zero attached hydrogens (tertiary/aromatic N) is 4. The zero-order valence-corrected chi connectivity index (χ0v) is 8.54. The van der Waals surface area contributed by atoms with Crippen LogP contribution in [0.4, 0.5) is 0 Å². The van der Waals surface area contributed by atoms with E-state index >= 15 is 0 Å². The largest absolute Gasteiger partial charge is 0.229 e. The van der Waals surface area contributed by atoms with E-state index < -0.39 is 0 Å². The standard InChI is InChI=1S/C11H12N4/c1-10-4-2-5-11(8-10)6-3-7-15-9-12-13-14-15/h2-6,8-9H,7H2,1H3/b6-3+. The third kappa shape index (κ3) is 2.74. The monoisotopic (exact) mass is 200 g/mol. The van der Waals surface area contributed by atoms with Crippen molar-refractivity contribution in [3.63, 3.8) is 0 Å². The van der Waals surface area contributed by atoms with Gasteiger partial charge in [-0.25, -0.2) is 4.68 Å². The second kappa shape index (κ2) is 4.50. The van der Waals surface area contributed by atoms with E-state index in [9.17, 15) is 0 Å². The predicted molar refractivity (Wildman–Crippen MR) is 58.0 cm³/mol. The Labute approximate surface area is 88.2 Å². The molecule has 4 heteroatoms. The van der Waals surface area contributed by atoms with Crippen LogP contribution in [0.3, 0.4) is 0 Å². The lowest BCUT2D eigenvalue weighted by molar-refractivity contribution is 0.661. The summed E-state index contributed by atoms with van der Waals surface area (Å²) in [6.07, 6.45) is 5.69. The highest BCUT2D eigenvalue weighted by molar-refractivity contribution is 5.49. The molecule has 2 aromatic rings. The van der Waals surface area contributed by atoms with Crippen molar-refractivity contribution in [3.8, 4) is 0 Å². The molecule has 15 heavy (non-hydrogen) atoms. The molecule has 4 nitrogen and oxygen atoms in total. The fourth-order valence-corrected chi connectivity index (χ4v) is 1.33. The zero-order chi connectivity index (χ0) is 10.5. The first-order valence-corrected chi connectivity index (χ1v) is 4.78. The number of rotatable bonds is 3. The maximum atomic E-state index is 3.77. The molecule has 0 aliphatic carbocycles. The predicted octanol–water partition coefficient (Wildman–Crippen LogP) is 1.69. The highest BCUT2D eigenvalue weighted by Crippen LogP contribution is 2.05. The van der Waals surface area contributed by atoms with E-state index in [0.717, 1.165) is 0 Å². The van der Waals surface area contributed by atoms with Crippen LogP contribution >= 0.6 is 0 Å². The number of hydrogen-bond acceptors (Lipinski definition) is 3. The number of benzene rings is 1. The molecule has 0 aliphatic heterocycles. The molecule has 0 saturated carbocycles. The first kappa shape index (κ1) is 9.58. The second-order valence-corrected chi connectivity index (χ2v) is 3.35. The Balaban J connectivity index is 2.00. The van der Waals surface area contributed by atoms with Crippen LogP contribution in [0.15, 0.2) is 36.7 Å². The molecule has 0 spiro atoms. The van der Waals surface area contributed by atoms with Crippen LogP contribution in [-0.2, 0) is 6.54 Å². The van der Waals surface area contributed by atoms with E-state index in [1.807, 2.05) is 12.1 Å². The molecule has 0 saturated heterocycles. The molecule has 0 atom stereocenters. The number of allylic oxidation sites excluding steroid dienone is 1. The van der Waals surface area contributed by atoms with Crippen LogP contribution in [0.5, 0.6) is 0 Å². The molecule has 1 aromatic heterocycles. The Kier molecular flexibility index (Phi) is 2.88. The fourth-order valence-electron chi connectivity index (χ4n) is 1.33. The summed E-state index contributed by atoms with van der Waals surface area (Å²) in [4.78, 5) is 0. The summed E-state index contributed by atoms with van der Waals surface area (Å²) < 4.78 is 1.67. The van der Waals surface area contributed by atoms with Crippen LogP contribution < -0.4 is 0 Å². The first-order chi connectivity index (χ1) is 7.34. The molecule has 0 aliphatic rings. The van der Waals surface area contributed by atoms with Crippen molar-refractivity contribution in [1.82, 2.24) is 20.2 Å². The minimum absolute atomic E-state index is 0.695. The number of aryl methyl sites for hydroxylation is 1. The lowest BCUT2D eigenvalue weighted by Gasteiger charge is -1.95. The van der Waals surface area contributed by atoms with E-state index in [-0.39, 0.29) is 0 Å². The van der Waals surface area contributed by atoms with Gasteiger partial charge in [0.25, 0.3) is 0 Å². The maximum absolute atomic E-state index is 3.77. The molecule has 0 bridgehead atoms. The van der Waals surface area contributed by atoms with Gasteiger partial charge in [0.05, 0.1) is 6.54 Å². The summed E-state index contributed by atoms with van der Waals surface area (Å²) in [6.45, 7) is 2.78. The van der Waals surface area contributed by atoms with Gasteiger partial charge in [0.2, 0.25) is 0 Å². The third-order valence-electron chi connectivity index (χ3n) is 2.04. The van der Waals surface area contributed by atoms with Crippen LogP contribution in [0, 0.1) is 6.92 Å². The van der Waals surface area contributed by atoms with Gasteiger partial charge in [0.1, 0.15) is 6.33 Å². The molecule has 1 heterocycles. The summed E-state index contributed by atoms with van der Waals surface area (Å²) in [6, 6.07) is 8.34. The van der Waals surface area contributed by atoms with Gasteiger partial charge >= 0.3 is 0 Å². The minimum Gasteiger partial charge on any atom is -0.229 e. The van der Waals surface area contributed by atoms with E-state index in [1.165, 1.54) is 11.1 Å². The normalized spacial score (nSPS) is 11.0. The van der Waals surface area contributed by atoms with E-state index in [2.05, 4.69) is 46.7 Å². The van der Waals surface area contributed by atoms with Crippen molar-refractivity contribution >= 4 is 6.08 Å². The van der Waals surface area contributed by atoms with Gasteiger partial charge < -0.3 is 0 Å². The second-order valence-electron chi connectivity index (χ2n) is 3.35. The molecule has 1 aromatic carbocycles. The summed E-state index contributed by atoms with van der Waals surface area (Å²) >= 11 is 0. The maximum Gasteiger partial charge on any atom is 0.138 e. The van der Waals surface area contributed by atoms with E-state index in [1.54, 1.807) is 11.0 Å². The van der Waals surface area contributed by atoms with Gasteiger partial charge in [-0.1, -0.05) is 42.0 Å². The van der Waals surface area contributed by atoms with Crippen LogP contribution in [0.1, 0.15) is 11.1 Å². The number of aromatic nitrogens is 4. The van der Waals surface area contributed by atoms with Crippen molar-refractivity contribution in [2.45, 2.75) is 13.5 Å². The average molecular weight is 200 g/mol. The minimum atomic E-state index is 0.695. The highest BCUT2D eigenvalue weighted by atomic mass is 15.5. The Hall–Kier alpha value is -1.97. The van der Waals surface area contributed by atoms with Crippen LogP contribution in [0.25, 0.3) is 6.08 Å². The quantitative estimate of drug-likeness (QED) is 0.757. The molecule has 0 fully saturated rings. The Bertz CT molecular complexity index is 445. The van der Waals surface area contributed by atoms with Gasteiger partial charge in [-0.2, -0.15) is 0 Å². The lowest BCUT2D eigenvalue weighted by Crippen LogP contribution is -1.95. The van der Waals surface area contributed by atoms with Gasteiger partial charge in [-0.15, -0.1) is 5.10 Å². The van der Waals surface area contributed by atoms with Crippen molar-refractivity contribution in [2.24, 2.45) is 0 Å². The Morgan fingerprint density at radius 2 is 2.33 bits per heavy atom. The molecule has 0 amide bonds. The van der Waals surface area contributed by atoms with Crippen LogP contribution in [0.2, 0.25) is 0 Å². The molecule has 0 N–H and O–H groups in total. The SMILES string of the molecule is Cc1cccc(/C=C/Cn2cnnn2)c1. The summed E-state index contributed by atoms with van der Waals surface area (Å²) in [7, 11) is 0. The summed E-state index contributed by atoms with van der Waals surface area (Å²) in [5.74, 6) is 0. The number of tetrazole rings is 1. The van der Waals surface area contributed by atoms with Gasteiger partial charge in [-0.05, 0) is 22.9 Å². The first-order valence-electron chi connectivity index (χ1n) is 4.78. The topological polar surface area (TPSA) is 43.6 Å². The van der Waals surface area contributed by atoms with Crippen molar-refractivity contribution in [2.75, 3.05) is 0 Å². The van der Waals surface area contributed by atoms with Crippen LogP contribution in [-0.4, -0.2) is 20.2 Å². The highest BCUT2D eigenvalue weighted by Gasteiger charge is 1.89. The summed E-state index contributed by atoms with van der Waals surface area (Å²) in [5.41, 5.74) is 2.46.